The van der Waals surface area contributed by atoms with Gasteiger partial charge < -0.3 is 20.1 Å². The monoisotopic (exact) mass is 250 g/mol. The van der Waals surface area contributed by atoms with E-state index in [0.717, 1.165) is 12.8 Å². The Morgan fingerprint density at radius 3 is 3.17 bits per heavy atom. The number of carbonyl (C=O) groups excluding carboxylic acids is 1. The number of likely N-dealkylation sites (tertiary alicyclic amines) is 1. The summed E-state index contributed by atoms with van der Waals surface area (Å²) in [5.74, 6) is 0.702. The van der Waals surface area contributed by atoms with Gasteiger partial charge in [-0.3, -0.25) is 0 Å². The van der Waals surface area contributed by atoms with Gasteiger partial charge in [-0.2, -0.15) is 0 Å². The number of carbonyl (C=O) groups is 1. The Hall–Kier alpha value is -1.75. The van der Waals surface area contributed by atoms with Gasteiger partial charge in [-0.15, -0.1) is 0 Å². The summed E-state index contributed by atoms with van der Waals surface area (Å²) in [5, 5.41) is 12.0. The molecule has 0 radical (unpaired) electrons. The van der Waals surface area contributed by atoms with Crippen molar-refractivity contribution in [1.82, 2.24) is 4.90 Å². The van der Waals surface area contributed by atoms with E-state index in [1.54, 1.807) is 18.1 Å². The number of hydrogen-bond acceptors (Lipinski definition) is 3. The number of aliphatic hydroxyl groups excluding tert-OH is 1. The highest BCUT2D eigenvalue weighted by molar-refractivity contribution is 5.89. The zero-order valence-corrected chi connectivity index (χ0v) is 10.4. The fourth-order valence-corrected chi connectivity index (χ4v) is 2.19. The number of anilines is 1. The average molecular weight is 250 g/mol. The number of nitrogens with zero attached hydrogens (tertiary/aromatic N) is 1. The smallest absolute Gasteiger partial charge is 0.322 e. The molecule has 1 aromatic carbocycles. The molecule has 0 unspecified atom stereocenters. The van der Waals surface area contributed by atoms with E-state index < -0.39 is 0 Å². The summed E-state index contributed by atoms with van der Waals surface area (Å²) in [4.78, 5) is 13.7. The molecule has 0 spiro atoms. The Balaban J connectivity index is 2.02. The molecule has 5 nitrogen and oxygen atoms in total. The first kappa shape index (κ1) is 12.7. The van der Waals surface area contributed by atoms with Gasteiger partial charge in [0.05, 0.1) is 19.8 Å². The van der Waals surface area contributed by atoms with Crippen LogP contribution in [0.3, 0.4) is 0 Å². The second-order valence-electron chi connectivity index (χ2n) is 4.33. The molecule has 0 saturated carbocycles. The minimum atomic E-state index is -0.167. The molecule has 0 aromatic heterocycles. The first-order chi connectivity index (χ1) is 8.74. The molecule has 2 N–H and O–H groups in total. The molecule has 1 aliphatic rings. The molecule has 98 valence electrons. The molecule has 1 aromatic rings. The molecule has 1 aliphatic heterocycles. The van der Waals surface area contributed by atoms with Gasteiger partial charge in [-0.25, -0.2) is 4.79 Å². The highest BCUT2D eigenvalue weighted by Gasteiger charge is 2.27. The van der Waals surface area contributed by atoms with E-state index in [0.29, 0.717) is 18.0 Å². The maximum absolute atomic E-state index is 12.0. The molecule has 0 bridgehead atoms. The fraction of sp³-hybridized carbons (Fsp3) is 0.462. The van der Waals surface area contributed by atoms with Crippen LogP contribution in [-0.4, -0.2) is 42.3 Å². The molecule has 5 heteroatoms. The summed E-state index contributed by atoms with van der Waals surface area (Å²) < 4.78 is 5.10. The van der Waals surface area contributed by atoms with Crippen LogP contribution in [0.4, 0.5) is 10.5 Å². The third kappa shape index (κ3) is 2.73. The Morgan fingerprint density at radius 1 is 1.61 bits per heavy atom. The highest BCUT2D eigenvalue weighted by Crippen LogP contribution is 2.20. The van der Waals surface area contributed by atoms with Crippen LogP contribution < -0.4 is 10.1 Å². The number of nitrogens with one attached hydrogen (secondary N) is 1. The van der Waals surface area contributed by atoms with E-state index in [4.69, 9.17) is 4.74 Å². The standard InChI is InChI=1S/C13H18N2O3/c1-18-12-6-2-4-10(8-12)14-13(17)15-7-3-5-11(15)9-16/h2,4,6,8,11,16H,3,5,7,9H2,1H3,(H,14,17)/t11-/m0/s1. The van der Waals surface area contributed by atoms with Crippen LogP contribution in [-0.2, 0) is 0 Å². The van der Waals surface area contributed by atoms with Crippen LogP contribution in [0.15, 0.2) is 24.3 Å². The maximum atomic E-state index is 12.0. The van der Waals surface area contributed by atoms with Crippen molar-refractivity contribution < 1.29 is 14.6 Å². The van der Waals surface area contributed by atoms with E-state index in [9.17, 15) is 9.90 Å². The van der Waals surface area contributed by atoms with Crippen LogP contribution in [0.1, 0.15) is 12.8 Å². The van der Waals surface area contributed by atoms with Gasteiger partial charge in [0.15, 0.2) is 0 Å². The van der Waals surface area contributed by atoms with Crippen molar-refractivity contribution in [1.29, 1.82) is 0 Å². The lowest BCUT2D eigenvalue weighted by molar-refractivity contribution is 0.166. The van der Waals surface area contributed by atoms with Crippen molar-refractivity contribution in [2.45, 2.75) is 18.9 Å². The Kier molecular flexibility index (Phi) is 4.04. The second kappa shape index (κ2) is 5.73. The molecule has 1 fully saturated rings. The second-order valence-corrected chi connectivity index (χ2v) is 4.33. The highest BCUT2D eigenvalue weighted by atomic mass is 16.5. The molecule has 18 heavy (non-hydrogen) atoms. The fourth-order valence-electron chi connectivity index (χ4n) is 2.19. The Bertz CT molecular complexity index is 422. The summed E-state index contributed by atoms with van der Waals surface area (Å²) in [5.41, 5.74) is 0.697. The minimum Gasteiger partial charge on any atom is -0.497 e. The van der Waals surface area contributed by atoms with Gasteiger partial charge in [0.25, 0.3) is 0 Å². The number of benzene rings is 1. The predicted molar refractivity (Wildman–Crippen MR) is 68.8 cm³/mol. The zero-order valence-electron chi connectivity index (χ0n) is 10.4. The lowest BCUT2D eigenvalue weighted by Gasteiger charge is -2.23. The first-order valence-corrected chi connectivity index (χ1v) is 6.07. The average Bonchev–Trinajstić information content (AvgIpc) is 2.87. The number of aliphatic hydroxyl groups is 1. The van der Waals surface area contributed by atoms with Gasteiger partial charge in [0.1, 0.15) is 5.75 Å². The molecule has 1 heterocycles. The summed E-state index contributed by atoms with van der Waals surface area (Å²) in [6.45, 7) is 0.715. The first-order valence-electron chi connectivity index (χ1n) is 6.07. The zero-order chi connectivity index (χ0) is 13.0. The van der Waals surface area contributed by atoms with Gasteiger partial charge in [-0.05, 0) is 25.0 Å². The van der Waals surface area contributed by atoms with E-state index >= 15 is 0 Å². The third-order valence-electron chi connectivity index (χ3n) is 3.17. The maximum Gasteiger partial charge on any atom is 0.322 e. The lowest BCUT2D eigenvalue weighted by Crippen LogP contribution is -2.40. The Morgan fingerprint density at radius 2 is 2.44 bits per heavy atom. The predicted octanol–water partition coefficient (Wildman–Crippen LogP) is 1.68. The minimum absolute atomic E-state index is 0.0194. The summed E-state index contributed by atoms with van der Waals surface area (Å²) in [7, 11) is 1.59. The number of urea groups is 1. The van der Waals surface area contributed by atoms with Crippen molar-refractivity contribution >= 4 is 11.7 Å². The van der Waals surface area contributed by atoms with Crippen molar-refractivity contribution in [3.05, 3.63) is 24.3 Å². The molecular formula is C13H18N2O3. The number of rotatable bonds is 3. The molecule has 0 aliphatic carbocycles. The Labute approximate surface area is 106 Å². The number of hydrogen-bond donors (Lipinski definition) is 2. The number of methoxy groups -OCH3 is 1. The van der Waals surface area contributed by atoms with Crippen LogP contribution in [0, 0.1) is 0 Å². The van der Waals surface area contributed by atoms with Crippen LogP contribution >= 0.6 is 0 Å². The molecule has 2 rings (SSSR count). The van der Waals surface area contributed by atoms with Crippen molar-refractivity contribution in [3.8, 4) is 5.75 Å². The van der Waals surface area contributed by atoms with E-state index in [2.05, 4.69) is 5.32 Å². The number of ether oxygens (including phenoxy) is 1. The molecule has 2 amide bonds. The van der Waals surface area contributed by atoms with E-state index in [1.165, 1.54) is 0 Å². The van der Waals surface area contributed by atoms with Crippen molar-refractivity contribution in [2.75, 3.05) is 25.6 Å². The molecule has 1 saturated heterocycles. The van der Waals surface area contributed by atoms with Gasteiger partial charge in [0.2, 0.25) is 0 Å². The quantitative estimate of drug-likeness (QED) is 0.858. The summed E-state index contributed by atoms with van der Waals surface area (Å²) in [6, 6.07) is 6.99. The van der Waals surface area contributed by atoms with Gasteiger partial charge in [-0.1, -0.05) is 6.07 Å². The van der Waals surface area contributed by atoms with E-state index in [1.807, 2.05) is 18.2 Å². The molecule has 1 atom stereocenters. The van der Waals surface area contributed by atoms with Crippen molar-refractivity contribution in [3.63, 3.8) is 0 Å². The number of amides is 2. The molecular weight excluding hydrogens is 232 g/mol. The van der Waals surface area contributed by atoms with Crippen LogP contribution in [0.2, 0.25) is 0 Å². The van der Waals surface area contributed by atoms with E-state index in [-0.39, 0.29) is 18.7 Å². The normalized spacial score (nSPS) is 18.8. The van der Waals surface area contributed by atoms with Crippen molar-refractivity contribution in [2.24, 2.45) is 0 Å². The SMILES string of the molecule is COc1cccc(NC(=O)N2CCC[C@H]2CO)c1. The summed E-state index contributed by atoms with van der Waals surface area (Å²) >= 11 is 0. The van der Waals surface area contributed by atoms with Crippen LogP contribution in [0.25, 0.3) is 0 Å². The van der Waals surface area contributed by atoms with Gasteiger partial charge in [0, 0.05) is 18.3 Å². The van der Waals surface area contributed by atoms with Crippen LogP contribution in [0.5, 0.6) is 5.75 Å². The topological polar surface area (TPSA) is 61.8 Å². The third-order valence-corrected chi connectivity index (χ3v) is 3.17. The van der Waals surface area contributed by atoms with Gasteiger partial charge >= 0.3 is 6.03 Å². The largest absolute Gasteiger partial charge is 0.497 e. The lowest BCUT2D eigenvalue weighted by atomic mass is 10.2. The summed E-state index contributed by atoms with van der Waals surface area (Å²) in [6.07, 6.45) is 1.80.